The molecule has 0 aromatic carbocycles. The molecule has 29 heteroatoms. The van der Waals surface area contributed by atoms with Crippen molar-refractivity contribution >= 4 is 11.9 Å². The Bertz CT molecular complexity index is 2500. The maximum absolute atomic E-state index is 14.6. The van der Waals surface area contributed by atoms with Gasteiger partial charge in [0.25, 0.3) is 0 Å². The average Bonchev–Trinajstić information content (AvgIpc) is 0.788. The van der Waals surface area contributed by atoms with Gasteiger partial charge in [0.05, 0.1) is 105 Å². The number of nitrogens with zero attached hydrogens (tertiary/aromatic N) is 2. The monoisotopic (exact) mass is 1330 g/mol. The Morgan fingerprint density at radius 3 is 1.84 bits per heavy atom. The van der Waals surface area contributed by atoms with Crippen LogP contribution in [0.3, 0.4) is 0 Å². The number of likely N-dealkylation sites (N-methyl/N-ethyl adjacent to an activating group) is 1. The lowest BCUT2D eigenvalue weighted by Crippen LogP contribution is -2.70. The maximum Gasteiger partial charge on any atom is 0.308 e. The van der Waals surface area contributed by atoms with Gasteiger partial charge in [0.1, 0.15) is 54.9 Å². The molecule has 6 aliphatic rings. The Balaban J connectivity index is 1.26. The molecule has 1 amide bonds. The summed E-state index contributed by atoms with van der Waals surface area (Å²) in [4.78, 5) is 31.0. The summed E-state index contributed by atoms with van der Waals surface area (Å²) in [7, 11) is 1.89. The second-order valence-electron chi connectivity index (χ2n) is 25.7. The van der Waals surface area contributed by atoms with Crippen LogP contribution in [0, 0.1) is 17.8 Å². The number of ether oxygens (including phenoxy) is 7. The standard InChI is InChI=1S/C64H103N3O26/c1-35-18-16-14-12-10-8-6-7-9-11-13-15-17-19-42(90-61-55(80)51(53(78)38(4)89-61)65-34-64(86)59(83)58(46(75)33-87-64)92-62-57(82)56(81)54(79)48(32-68)91-62)29-47-50(60(84)67-24-22-66(5)23-25-67)45(74)31-63(85,93-47)30-41(71)27-44(73)43(72)21-20-39(69)26-40(70)28-49(76)88-37(3)36(2)52(35)77/h6-19,35-48,50-59,61-62,65,68-75,77-83,85-86H,20-34H2,1-5H3/t35-,36-,37-,38+,39+,40+,41-,42-,43+,44+,45-,46+,47?,48+,50?,51-,52+,53+,54+,55-,56-,57+,58+,59-,61?,62?,63+,64+/m0/s1. The fourth-order valence-electron chi connectivity index (χ4n) is 12.2. The molecule has 93 heavy (non-hydrogen) atoms. The highest BCUT2D eigenvalue weighted by molar-refractivity contribution is 5.80. The number of cyclic esters (lactones) is 1. The van der Waals surface area contributed by atoms with Gasteiger partial charge in [-0.2, -0.15) is 0 Å². The van der Waals surface area contributed by atoms with Gasteiger partial charge in [-0.3, -0.25) is 9.59 Å². The minimum atomic E-state index is -2.67. The molecular weight excluding hydrogens is 1230 g/mol. The van der Waals surface area contributed by atoms with Gasteiger partial charge in [-0.05, 0) is 40.2 Å². The largest absolute Gasteiger partial charge is 0.462 e. The predicted molar refractivity (Wildman–Crippen MR) is 329 cm³/mol. The van der Waals surface area contributed by atoms with E-state index < -0.39 is 221 Å². The molecule has 0 aromatic rings. The number of aliphatic hydroxyl groups is 17. The van der Waals surface area contributed by atoms with Crippen LogP contribution in [0.5, 0.6) is 0 Å². The molecule has 5 fully saturated rings. The Morgan fingerprint density at radius 2 is 1.22 bits per heavy atom. The zero-order chi connectivity index (χ0) is 68.5. The summed E-state index contributed by atoms with van der Waals surface area (Å²) >= 11 is 0. The highest BCUT2D eigenvalue weighted by Crippen LogP contribution is 2.40. The van der Waals surface area contributed by atoms with Gasteiger partial charge in [0.2, 0.25) is 11.7 Å². The molecule has 5 saturated heterocycles. The molecule has 28 atom stereocenters. The summed E-state index contributed by atoms with van der Waals surface area (Å²) in [5.41, 5.74) is 0. The van der Waals surface area contributed by atoms with Gasteiger partial charge in [0.15, 0.2) is 18.4 Å². The van der Waals surface area contributed by atoms with E-state index in [-0.39, 0.29) is 44.7 Å². The van der Waals surface area contributed by atoms with Crippen molar-refractivity contribution in [3.8, 4) is 0 Å². The fourth-order valence-corrected chi connectivity index (χ4v) is 12.2. The van der Waals surface area contributed by atoms with E-state index >= 15 is 0 Å². The Kier molecular flexibility index (Phi) is 30.8. The number of piperazine rings is 1. The van der Waals surface area contributed by atoms with Gasteiger partial charge >= 0.3 is 5.97 Å². The fraction of sp³-hybridized carbons (Fsp3) is 0.750. The lowest BCUT2D eigenvalue weighted by Gasteiger charge is -2.48. The Labute approximate surface area is 542 Å². The van der Waals surface area contributed by atoms with Crippen LogP contribution in [-0.4, -0.2) is 314 Å². The number of carbonyl (C=O) groups excluding carboxylic acids is 2. The van der Waals surface area contributed by atoms with E-state index in [1.807, 2.05) is 18.9 Å². The molecule has 0 aromatic heterocycles. The smallest absolute Gasteiger partial charge is 0.308 e. The number of amides is 1. The van der Waals surface area contributed by atoms with Crippen LogP contribution in [0.4, 0.5) is 0 Å². The van der Waals surface area contributed by atoms with Crippen LogP contribution in [0.15, 0.2) is 85.1 Å². The Morgan fingerprint density at radius 1 is 0.613 bits per heavy atom. The second kappa shape index (κ2) is 36.6. The van der Waals surface area contributed by atoms with Gasteiger partial charge in [-0.25, -0.2) is 0 Å². The maximum atomic E-state index is 14.6. The van der Waals surface area contributed by atoms with Crippen molar-refractivity contribution in [2.45, 2.75) is 231 Å². The molecule has 29 nitrogen and oxygen atoms in total. The number of carbonyl (C=O) groups is 2. The number of hydrogen-bond acceptors (Lipinski definition) is 28. The highest BCUT2D eigenvalue weighted by Gasteiger charge is 2.56. The van der Waals surface area contributed by atoms with E-state index in [1.54, 1.807) is 97.7 Å². The van der Waals surface area contributed by atoms with Crippen molar-refractivity contribution < 1.29 is 130 Å². The van der Waals surface area contributed by atoms with Crippen molar-refractivity contribution in [2.75, 3.05) is 53.0 Å². The summed E-state index contributed by atoms with van der Waals surface area (Å²) < 4.78 is 40.9. The molecular formula is C64H103N3O26. The molecule has 0 aliphatic carbocycles. The van der Waals surface area contributed by atoms with Crippen LogP contribution in [0.1, 0.15) is 79.1 Å². The summed E-state index contributed by atoms with van der Waals surface area (Å²) in [5, 5.41) is 191. The normalized spacial score (nSPS) is 44.2. The summed E-state index contributed by atoms with van der Waals surface area (Å²) in [6.45, 7) is 5.89. The number of aliphatic hydroxyl groups excluding tert-OH is 15. The number of allylic oxidation sites excluding steroid dienone is 12. The van der Waals surface area contributed by atoms with E-state index in [0.29, 0.717) is 13.1 Å². The van der Waals surface area contributed by atoms with Crippen molar-refractivity contribution in [2.24, 2.45) is 17.8 Å². The average molecular weight is 1330 g/mol. The Hall–Kier alpha value is -3.88. The lowest BCUT2D eigenvalue weighted by molar-refractivity contribution is -0.368. The third kappa shape index (κ3) is 22.3. The summed E-state index contributed by atoms with van der Waals surface area (Å²) in [6, 6.07) is -1.46. The summed E-state index contributed by atoms with van der Waals surface area (Å²) in [6.07, 6.45) is -13.2. The van der Waals surface area contributed by atoms with Crippen LogP contribution >= 0.6 is 0 Å². The third-order valence-electron chi connectivity index (χ3n) is 18.2. The molecule has 0 spiro atoms. The van der Waals surface area contributed by atoms with Crippen molar-refractivity contribution in [1.82, 2.24) is 15.1 Å². The van der Waals surface area contributed by atoms with E-state index in [4.69, 9.17) is 33.2 Å². The molecule has 6 rings (SSSR count). The van der Waals surface area contributed by atoms with E-state index in [9.17, 15) is 96.4 Å². The van der Waals surface area contributed by atoms with Gasteiger partial charge in [-0.15, -0.1) is 0 Å². The topological polar surface area (TPSA) is 461 Å². The van der Waals surface area contributed by atoms with E-state index in [2.05, 4.69) is 5.32 Å². The van der Waals surface area contributed by atoms with Crippen LogP contribution in [0.2, 0.25) is 0 Å². The number of rotatable bonds is 9. The van der Waals surface area contributed by atoms with Gasteiger partial charge in [0, 0.05) is 63.7 Å². The van der Waals surface area contributed by atoms with E-state index in [1.165, 1.54) is 13.0 Å². The van der Waals surface area contributed by atoms with Gasteiger partial charge < -0.3 is 135 Å². The van der Waals surface area contributed by atoms with Crippen LogP contribution in [0.25, 0.3) is 0 Å². The first kappa shape index (κ1) is 78.1. The minimum Gasteiger partial charge on any atom is -0.462 e. The lowest BCUT2D eigenvalue weighted by atomic mass is 9.81. The first-order valence-corrected chi connectivity index (χ1v) is 32.1. The predicted octanol–water partition coefficient (Wildman–Crippen LogP) is -4.34. The highest BCUT2D eigenvalue weighted by atomic mass is 16.7. The molecule has 2 bridgehead atoms. The van der Waals surface area contributed by atoms with Crippen molar-refractivity contribution in [3.05, 3.63) is 85.1 Å². The third-order valence-corrected chi connectivity index (χ3v) is 18.2. The quantitative estimate of drug-likeness (QED) is 0.0971. The van der Waals surface area contributed by atoms with Crippen molar-refractivity contribution in [3.63, 3.8) is 0 Å². The molecule has 6 heterocycles. The molecule has 0 saturated carbocycles. The molecule has 4 unspecified atom stereocenters. The van der Waals surface area contributed by atoms with E-state index in [0.717, 1.165) is 0 Å². The first-order chi connectivity index (χ1) is 44.0. The molecule has 0 radical (unpaired) electrons. The number of nitrogens with one attached hydrogen (secondary N) is 1. The molecule has 18 N–H and O–H groups in total. The van der Waals surface area contributed by atoms with Crippen LogP contribution in [-0.2, 0) is 42.7 Å². The number of esters is 1. The zero-order valence-corrected chi connectivity index (χ0v) is 53.4. The summed E-state index contributed by atoms with van der Waals surface area (Å²) in [5.74, 6) is -8.52. The number of fused-ring (bicyclic) bond motifs is 2. The van der Waals surface area contributed by atoms with Gasteiger partial charge in [-0.1, -0.05) is 98.9 Å². The minimum absolute atomic E-state index is 0.148. The van der Waals surface area contributed by atoms with Crippen molar-refractivity contribution in [1.29, 1.82) is 0 Å². The molecule has 530 valence electrons. The first-order valence-electron chi connectivity index (χ1n) is 32.1. The zero-order valence-electron chi connectivity index (χ0n) is 53.4. The SMILES string of the molecule is C[C@@H]1[C@H](O)[C@@H](C)C=CC=CC=CC=CC=CC=CC=C[C@H](OC2O[C@H](C)[C@@H](O)[C@H](NC[C@@]3(O)OC[C@@H](O)[C@@H](OC4O[C@H](CO)[C@@H](O)[C@H](O)[C@H]4O)[C@@H]3O)[C@@H]2O)CC2O[C@](O)(C[C@@H](O)C[C@@H](O)[C@H](O)CC[C@@H](O)C[C@@H](O)CC(=O)O[C@H]1C)C[C@H](O)C2C(=O)N1CCN(C)CC1. The second-order valence-corrected chi connectivity index (χ2v) is 25.7. The molecule has 6 aliphatic heterocycles. The van der Waals surface area contributed by atoms with Crippen LogP contribution < -0.4 is 5.32 Å². The number of hydrogen-bond donors (Lipinski definition) is 18.